The summed E-state index contributed by atoms with van der Waals surface area (Å²) in [6.45, 7) is 7.70. The zero-order valence-electron chi connectivity index (χ0n) is 11.9. The minimum atomic E-state index is 0.565. The Morgan fingerprint density at radius 2 is 2.11 bits per heavy atom. The molecule has 0 amide bonds. The van der Waals surface area contributed by atoms with E-state index in [1.807, 2.05) is 0 Å². The third-order valence-electron chi connectivity index (χ3n) is 3.99. The van der Waals surface area contributed by atoms with Crippen LogP contribution < -0.4 is 10.1 Å². The van der Waals surface area contributed by atoms with Crippen LogP contribution in [0.2, 0.25) is 0 Å². The summed E-state index contributed by atoms with van der Waals surface area (Å²) < 4.78 is 5.36. The molecule has 1 aromatic rings. The summed E-state index contributed by atoms with van der Waals surface area (Å²) in [4.78, 5) is 2.40. The molecule has 2 rings (SSSR count). The number of hydrogen-bond donors (Lipinski definition) is 1. The second kappa shape index (κ2) is 5.72. The molecular formula is C15H24N2O. The Morgan fingerprint density at radius 1 is 1.33 bits per heavy atom. The quantitative estimate of drug-likeness (QED) is 0.882. The molecule has 1 fully saturated rings. The second-order valence-electron chi connectivity index (χ2n) is 5.29. The van der Waals surface area contributed by atoms with Gasteiger partial charge in [0, 0.05) is 25.7 Å². The van der Waals surface area contributed by atoms with E-state index >= 15 is 0 Å². The first kappa shape index (κ1) is 13.4. The first-order valence-electron chi connectivity index (χ1n) is 6.67. The summed E-state index contributed by atoms with van der Waals surface area (Å²) in [5.41, 5.74) is 4.06. The van der Waals surface area contributed by atoms with Crippen LogP contribution in [0.1, 0.15) is 16.7 Å². The van der Waals surface area contributed by atoms with Gasteiger partial charge >= 0.3 is 0 Å². The number of nitrogens with zero attached hydrogens (tertiary/aromatic N) is 1. The van der Waals surface area contributed by atoms with E-state index in [4.69, 9.17) is 4.74 Å². The molecule has 0 radical (unpaired) electrons. The van der Waals surface area contributed by atoms with Gasteiger partial charge in [0.25, 0.3) is 0 Å². The lowest BCUT2D eigenvalue weighted by atomic mass is 9.96. The molecular weight excluding hydrogens is 224 g/mol. The summed E-state index contributed by atoms with van der Waals surface area (Å²) in [6.07, 6.45) is 1.10. The van der Waals surface area contributed by atoms with E-state index in [2.05, 4.69) is 43.2 Å². The Morgan fingerprint density at radius 3 is 2.78 bits per heavy atom. The van der Waals surface area contributed by atoms with Crippen LogP contribution in [0, 0.1) is 13.8 Å². The Labute approximate surface area is 110 Å². The van der Waals surface area contributed by atoms with Crippen molar-refractivity contribution in [1.82, 2.24) is 10.2 Å². The van der Waals surface area contributed by atoms with Crippen molar-refractivity contribution in [2.24, 2.45) is 0 Å². The van der Waals surface area contributed by atoms with Crippen molar-refractivity contribution < 1.29 is 4.74 Å². The zero-order chi connectivity index (χ0) is 13.1. The molecule has 0 bridgehead atoms. The van der Waals surface area contributed by atoms with Crippen molar-refractivity contribution in [2.45, 2.75) is 26.3 Å². The van der Waals surface area contributed by atoms with Gasteiger partial charge < -0.3 is 15.0 Å². The van der Waals surface area contributed by atoms with Crippen LogP contribution in [-0.2, 0) is 6.42 Å². The Hall–Kier alpha value is -1.06. The number of ether oxygens (including phenoxy) is 1. The van der Waals surface area contributed by atoms with Crippen LogP contribution in [0.4, 0.5) is 0 Å². The fraction of sp³-hybridized carbons (Fsp3) is 0.600. The summed E-state index contributed by atoms with van der Waals surface area (Å²) in [7, 11) is 3.93. The molecule has 0 spiro atoms. The lowest BCUT2D eigenvalue weighted by molar-refractivity contribution is 0.238. The number of rotatable bonds is 3. The smallest absolute Gasteiger partial charge is 0.122 e. The van der Waals surface area contributed by atoms with Crippen molar-refractivity contribution in [1.29, 1.82) is 0 Å². The highest BCUT2D eigenvalue weighted by molar-refractivity contribution is 5.43. The molecule has 3 nitrogen and oxygen atoms in total. The van der Waals surface area contributed by atoms with Crippen molar-refractivity contribution in [2.75, 3.05) is 33.8 Å². The minimum absolute atomic E-state index is 0.565. The molecule has 3 heteroatoms. The monoisotopic (exact) mass is 248 g/mol. The van der Waals surface area contributed by atoms with Crippen LogP contribution in [-0.4, -0.2) is 44.7 Å². The molecule has 100 valence electrons. The minimum Gasteiger partial charge on any atom is -0.496 e. The van der Waals surface area contributed by atoms with E-state index in [0.29, 0.717) is 6.04 Å². The van der Waals surface area contributed by atoms with E-state index in [1.165, 1.54) is 16.7 Å². The lowest BCUT2D eigenvalue weighted by Gasteiger charge is -2.31. The zero-order valence-corrected chi connectivity index (χ0v) is 11.9. The van der Waals surface area contributed by atoms with E-state index in [-0.39, 0.29) is 0 Å². The second-order valence-corrected chi connectivity index (χ2v) is 5.29. The molecule has 18 heavy (non-hydrogen) atoms. The van der Waals surface area contributed by atoms with Gasteiger partial charge in [-0.25, -0.2) is 0 Å². The first-order valence-corrected chi connectivity index (χ1v) is 6.67. The van der Waals surface area contributed by atoms with Gasteiger partial charge in [-0.05, 0) is 50.1 Å². The van der Waals surface area contributed by atoms with Gasteiger partial charge in [-0.15, -0.1) is 0 Å². The standard InChI is InChI=1S/C15H24N2O/c1-11-12(2)15(18-4)6-5-13(11)9-14-10-17(3)8-7-16-14/h5-6,14,16H,7-10H2,1-4H3. The van der Waals surface area contributed by atoms with Crippen molar-refractivity contribution in [3.8, 4) is 5.75 Å². The van der Waals surface area contributed by atoms with Gasteiger partial charge in [-0.3, -0.25) is 0 Å². The molecule has 1 aliphatic rings. The average molecular weight is 248 g/mol. The molecule has 1 saturated heterocycles. The Kier molecular flexibility index (Phi) is 4.25. The molecule has 1 unspecified atom stereocenters. The van der Waals surface area contributed by atoms with Crippen LogP contribution in [0.3, 0.4) is 0 Å². The highest BCUT2D eigenvalue weighted by Crippen LogP contribution is 2.24. The Bertz CT molecular complexity index is 417. The lowest BCUT2D eigenvalue weighted by Crippen LogP contribution is -2.50. The van der Waals surface area contributed by atoms with Crippen molar-refractivity contribution in [3.05, 3.63) is 28.8 Å². The molecule has 0 aromatic heterocycles. The van der Waals surface area contributed by atoms with Crippen LogP contribution >= 0.6 is 0 Å². The maximum Gasteiger partial charge on any atom is 0.122 e. The SMILES string of the molecule is COc1ccc(CC2CN(C)CCN2)c(C)c1C. The highest BCUT2D eigenvalue weighted by atomic mass is 16.5. The van der Waals surface area contributed by atoms with Gasteiger partial charge in [0.05, 0.1) is 7.11 Å². The summed E-state index contributed by atoms with van der Waals surface area (Å²) in [6, 6.07) is 4.86. The maximum absolute atomic E-state index is 5.36. The predicted molar refractivity (Wildman–Crippen MR) is 75.5 cm³/mol. The van der Waals surface area contributed by atoms with Gasteiger partial charge in [-0.1, -0.05) is 6.07 Å². The van der Waals surface area contributed by atoms with Gasteiger partial charge in [0.1, 0.15) is 5.75 Å². The van der Waals surface area contributed by atoms with Crippen LogP contribution in [0.5, 0.6) is 5.75 Å². The number of hydrogen-bond acceptors (Lipinski definition) is 3. The number of likely N-dealkylation sites (N-methyl/N-ethyl adjacent to an activating group) is 1. The summed E-state index contributed by atoms with van der Waals surface area (Å²) >= 11 is 0. The molecule has 1 heterocycles. The number of methoxy groups -OCH3 is 1. The topological polar surface area (TPSA) is 24.5 Å². The molecule has 1 atom stereocenters. The van der Waals surface area contributed by atoms with Crippen LogP contribution in [0.15, 0.2) is 12.1 Å². The third-order valence-corrected chi connectivity index (χ3v) is 3.99. The van der Waals surface area contributed by atoms with Crippen molar-refractivity contribution >= 4 is 0 Å². The highest BCUT2D eigenvalue weighted by Gasteiger charge is 2.18. The van der Waals surface area contributed by atoms with E-state index in [0.717, 1.165) is 31.8 Å². The van der Waals surface area contributed by atoms with Crippen LogP contribution in [0.25, 0.3) is 0 Å². The predicted octanol–water partition coefficient (Wildman–Crippen LogP) is 1.76. The number of nitrogens with one attached hydrogen (secondary N) is 1. The molecule has 1 N–H and O–H groups in total. The normalized spacial score (nSPS) is 21.0. The average Bonchev–Trinajstić information content (AvgIpc) is 2.35. The summed E-state index contributed by atoms with van der Waals surface area (Å²) in [5.74, 6) is 0.991. The largest absolute Gasteiger partial charge is 0.496 e. The van der Waals surface area contributed by atoms with Gasteiger partial charge in [0.15, 0.2) is 0 Å². The fourth-order valence-corrected chi connectivity index (χ4v) is 2.69. The van der Waals surface area contributed by atoms with E-state index in [1.54, 1.807) is 7.11 Å². The molecule has 0 saturated carbocycles. The fourth-order valence-electron chi connectivity index (χ4n) is 2.69. The summed E-state index contributed by atoms with van der Waals surface area (Å²) in [5, 5.41) is 3.60. The van der Waals surface area contributed by atoms with Gasteiger partial charge in [0.2, 0.25) is 0 Å². The molecule has 1 aliphatic heterocycles. The maximum atomic E-state index is 5.36. The number of piperazine rings is 1. The van der Waals surface area contributed by atoms with Crippen molar-refractivity contribution in [3.63, 3.8) is 0 Å². The van der Waals surface area contributed by atoms with E-state index < -0.39 is 0 Å². The molecule has 0 aliphatic carbocycles. The van der Waals surface area contributed by atoms with Gasteiger partial charge in [-0.2, -0.15) is 0 Å². The first-order chi connectivity index (χ1) is 8.61. The third kappa shape index (κ3) is 2.85. The molecule has 1 aromatic carbocycles. The number of benzene rings is 1. The Balaban J connectivity index is 2.12. The van der Waals surface area contributed by atoms with E-state index in [9.17, 15) is 0 Å².